The van der Waals surface area contributed by atoms with E-state index in [1.54, 1.807) is 0 Å². The van der Waals surface area contributed by atoms with Crippen LogP contribution in [-0.2, 0) is 11.3 Å². The fourth-order valence-corrected chi connectivity index (χ4v) is 1.41. The van der Waals surface area contributed by atoms with E-state index in [2.05, 4.69) is 0 Å². The lowest BCUT2D eigenvalue weighted by Crippen LogP contribution is -2.16. The van der Waals surface area contributed by atoms with Crippen LogP contribution in [0.25, 0.3) is 0 Å². The number of aliphatic hydroxyl groups excluding tert-OH is 2. The summed E-state index contributed by atoms with van der Waals surface area (Å²) in [7, 11) is 0. The SMILES string of the molecule is C[C@@H](CC[C@H](O)CO)OCc1ccccc1. The highest BCUT2D eigenvalue weighted by atomic mass is 16.5. The van der Waals surface area contributed by atoms with Crippen molar-refractivity contribution in [1.29, 1.82) is 0 Å². The Labute approximate surface area is 96.7 Å². The Balaban J connectivity index is 2.18. The van der Waals surface area contributed by atoms with Crippen molar-refractivity contribution in [3.8, 4) is 0 Å². The first-order chi connectivity index (χ1) is 7.72. The molecule has 0 aromatic heterocycles. The van der Waals surface area contributed by atoms with Crippen molar-refractivity contribution in [2.75, 3.05) is 6.61 Å². The largest absolute Gasteiger partial charge is 0.394 e. The Morgan fingerprint density at radius 3 is 2.50 bits per heavy atom. The van der Waals surface area contributed by atoms with Gasteiger partial charge in [-0.2, -0.15) is 0 Å². The first-order valence-corrected chi connectivity index (χ1v) is 5.67. The number of hydrogen-bond donors (Lipinski definition) is 2. The van der Waals surface area contributed by atoms with E-state index in [1.807, 2.05) is 37.3 Å². The van der Waals surface area contributed by atoms with Crippen LogP contribution in [0.1, 0.15) is 25.3 Å². The minimum Gasteiger partial charge on any atom is -0.394 e. The summed E-state index contributed by atoms with van der Waals surface area (Å²) in [5, 5.41) is 17.9. The first kappa shape index (κ1) is 13.2. The van der Waals surface area contributed by atoms with Gasteiger partial charge in [-0.05, 0) is 25.3 Å². The van der Waals surface area contributed by atoms with Gasteiger partial charge in [0, 0.05) is 0 Å². The van der Waals surface area contributed by atoms with Crippen molar-refractivity contribution in [1.82, 2.24) is 0 Å². The highest BCUT2D eigenvalue weighted by molar-refractivity contribution is 5.13. The maximum atomic E-state index is 9.19. The van der Waals surface area contributed by atoms with Crippen molar-refractivity contribution in [3.63, 3.8) is 0 Å². The van der Waals surface area contributed by atoms with Crippen molar-refractivity contribution in [2.24, 2.45) is 0 Å². The van der Waals surface area contributed by atoms with Crippen LogP contribution in [-0.4, -0.2) is 29.0 Å². The van der Waals surface area contributed by atoms with Crippen LogP contribution in [0.15, 0.2) is 30.3 Å². The van der Waals surface area contributed by atoms with E-state index >= 15 is 0 Å². The molecule has 3 heteroatoms. The zero-order valence-electron chi connectivity index (χ0n) is 9.67. The van der Waals surface area contributed by atoms with Crippen LogP contribution in [0.4, 0.5) is 0 Å². The zero-order valence-corrected chi connectivity index (χ0v) is 9.67. The Morgan fingerprint density at radius 2 is 1.88 bits per heavy atom. The zero-order chi connectivity index (χ0) is 11.8. The average molecular weight is 224 g/mol. The monoisotopic (exact) mass is 224 g/mol. The molecule has 0 unspecified atom stereocenters. The molecule has 0 saturated heterocycles. The van der Waals surface area contributed by atoms with E-state index in [1.165, 1.54) is 0 Å². The number of benzene rings is 1. The van der Waals surface area contributed by atoms with Gasteiger partial charge < -0.3 is 14.9 Å². The van der Waals surface area contributed by atoms with Gasteiger partial charge in [-0.1, -0.05) is 30.3 Å². The number of hydrogen-bond acceptors (Lipinski definition) is 3. The summed E-state index contributed by atoms with van der Waals surface area (Å²) < 4.78 is 5.63. The van der Waals surface area contributed by atoms with Gasteiger partial charge in [0.25, 0.3) is 0 Å². The summed E-state index contributed by atoms with van der Waals surface area (Å²) in [6.07, 6.45) is 0.810. The van der Waals surface area contributed by atoms with Crippen LogP contribution < -0.4 is 0 Å². The normalized spacial score (nSPS) is 14.7. The van der Waals surface area contributed by atoms with Gasteiger partial charge >= 0.3 is 0 Å². The van der Waals surface area contributed by atoms with E-state index < -0.39 is 6.10 Å². The molecule has 1 aromatic carbocycles. The van der Waals surface area contributed by atoms with Gasteiger partial charge in [-0.25, -0.2) is 0 Å². The van der Waals surface area contributed by atoms with Gasteiger partial charge in [-0.3, -0.25) is 0 Å². The molecule has 0 radical (unpaired) electrons. The van der Waals surface area contributed by atoms with Crippen LogP contribution in [0.3, 0.4) is 0 Å². The van der Waals surface area contributed by atoms with E-state index in [-0.39, 0.29) is 12.7 Å². The third kappa shape index (κ3) is 5.26. The molecule has 2 N–H and O–H groups in total. The highest BCUT2D eigenvalue weighted by Gasteiger charge is 2.07. The van der Waals surface area contributed by atoms with Crippen molar-refractivity contribution in [2.45, 2.75) is 38.6 Å². The lowest BCUT2D eigenvalue weighted by Gasteiger charge is -2.14. The fraction of sp³-hybridized carbons (Fsp3) is 0.538. The van der Waals surface area contributed by atoms with E-state index in [9.17, 15) is 5.11 Å². The molecule has 0 fully saturated rings. The molecule has 90 valence electrons. The summed E-state index contributed by atoms with van der Waals surface area (Å²) in [4.78, 5) is 0. The Hall–Kier alpha value is -0.900. The maximum absolute atomic E-state index is 9.19. The van der Waals surface area contributed by atoms with Crippen LogP contribution in [0.5, 0.6) is 0 Å². The third-order valence-corrected chi connectivity index (χ3v) is 2.49. The van der Waals surface area contributed by atoms with Crippen molar-refractivity contribution >= 4 is 0 Å². The molecule has 0 aliphatic carbocycles. The lowest BCUT2D eigenvalue weighted by molar-refractivity contribution is 0.0260. The predicted octanol–water partition coefficient (Wildman–Crippen LogP) is 1.73. The smallest absolute Gasteiger partial charge is 0.0771 e. The second-order valence-electron chi connectivity index (χ2n) is 4.02. The molecule has 16 heavy (non-hydrogen) atoms. The van der Waals surface area contributed by atoms with Gasteiger partial charge in [0.2, 0.25) is 0 Å². The first-order valence-electron chi connectivity index (χ1n) is 5.67. The highest BCUT2D eigenvalue weighted by Crippen LogP contribution is 2.08. The minimum absolute atomic E-state index is 0.0985. The van der Waals surface area contributed by atoms with Crippen molar-refractivity contribution in [3.05, 3.63) is 35.9 Å². The molecule has 0 saturated carbocycles. The molecule has 0 aliphatic heterocycles. The second-order valence-corrected chi connectivity index (χ2v) is 4.02. The van der Waals surface area contributed by atoms with Crippen molar-refractivity contribution < 1.29 is 14.9 Å². The molecule has 2 atom stereocenters. The Kier molecular flexibility index (Phi) is 6.08. The summed E-state index contributed by atoms with van der Waals surface area (Å²) in [5.74, 6) is 0. The lowest BCUT2D eigenvalue weighted by atomic mass is 10.1. The average Bonchev–Trinajstić information content (AvgIpc) is 2.34. The molecule has 0 heterocycles. The Bertz CT molecular complexity index is 274. The molecule has 1 aromatic rings. The molecular formula is C13H20O3. The molecule has 0 spiro atoms. The van der Waals surface area contributed by atoms with Gasteiger partial charge in [0.1, 0.15) is 0 Å². The third-order valence-electron chi connectivity index (χ3n) is 2.49. The summed E-state index contributed by atoms with van der Waals surface area (Å²) in [6.45, 7) is 2.40. The maximum Gasteiger partial charge on any atom is 0.0771 e. The molecule has 1 rings (SSSR count). The Morgan fingerprint density at radius 1 is 1.19 bits per heavy atom. The topological polar surface area (TPSA) is 49.7 Å². The summed E-state index contributed by atoms with van der Waals surface area (Å²) in [6, 6.07) is 9.99. The fourth-order valence-electron chi connectivity index (χ4n) is 1.41. The molecule has 0 bridgehead atoms. The van der Waals surface area contributed by atoms with Gasteiger partial charge in [0.05, 0.1) is 25.4 Å². The van der Waals surface area contributed by atoms with Crippen LogP contribution >= 0.6 is 0 Å². The van der Waals surface area contributed by atoms with E-state index in [0.717, 1.165) is 12.0 Å². The van der Waals surface area contributed by atoms with Crippen LogP contribution in [0, 0.1) is 0 Å². The summed E-state index contributed by atoms with van der Waals surface area (Å²) >= 11 is 0. The second kappa shape index (κ2) is 7.39. The molecule has 0 aliphatic rings. The minimum atomic E-state index is -0.622. The number of rotatable bonds is 7. The molecular weight excluding hydrogens is 204 g/mol. The van der Waals surface area contributed by atoms with Crippen LogP contribution in [0.2, 0.25) is 0 Å². The molecule has 0 amide bonds. The molecule has 3 nitrogen and oxygen atoms in total. The van der Waals surface area contributed by atoms with Gasteiger partial charge in [0.15, 0.2) is 0 Å². The van der Waals surface area contributed by atoms with E-state index in [0.29, 0.717) is 13.0 Å². The predicted molar refractivity (Wildman–Crippen MR) is 63.0 cm³/mol. The number of ether oxygens (including phenoxy) is 1. The quantitative estimate of drug-likeness (QED) is 0.741. The van der Waals surface area contributed by atoms with E-state index in [4.69, 9.17) is 9.84 Å². The number of aliphatic hydroxyl groups is 2. The van der Waals surface area contributed by atoms with Gasteiger partial charge in [-0.15, -0.1) is 0 Å². The summed E-state index contributed by atoms with van der Waals surface area (Å²) in [5.41, 5.74) is 1.15. The standard InChI is InChI=1S/C13H20O3/c1-11(7-8-13(15)9-14)16-10-12-5-3-2-4-6-12/h2-6,11,13-15H,7-10H2,1H3/t11-,13-/m0/s1.